The Kier molecular flexibility index (Phi) is 3.66. The lowest BCUT2D eigenvalue weighted by molar-refractivity contribution is 0.166. The molecule has 2 N–H and O–H groups in total. The first kappa shape index (κ1) is 13.1. The van der Waals surface area contributed by atoms with Crippen LogP contribution in [0.4, 0.5) is 0 Å². The summed E-state index contributed by atoms with van der Waals surface area (Å²) in [5.41, 5.74) is 7.04. The topological polar surface area (TPSA) is 83.4 Å². The zero-order valence-electron chi connectivity index (χ0n) is 11.3. The maximum Gasteiger partial charge on any atom is 0.245 e. The van der Waals surface area contributed by atoms with E-state index in [9.17, 15) is 0 Å². The van der Waals surface area contributed by atoms with Crippen molar-refractivity contribution in [2.75, 3.05) is 20.3 Å². The second kappa shape index (κ2) is 5.60. The molecule has 1 aliphatic rings. The zero-order chi connectivity index (χ0) is 13.9. The number of hydrogen-bond acceptors (Lipinski definition) is 6. The normalized spacial score (nSPS) is 19.2. The monoisotopic (exact) mass is 275 g/mol. The van der Waals surface area contributed by atoms with E-state index in [1.54, 1.807) is 7.11 Å². The Labute approximate surface area is 116 Å². The highest BCUT2D eigenvalue weighted by Crippen LogP contribution is 2.31. The number of fused-ring (bicyclic) bond motifs is 1. The molecule has 0 spiro atoms. The number of nitrogens with two attached hydrogens (primary N) is 1. The average molecular weight is 275 g/mol. The minimum absolute atomic E-state index is 0.0946. The largest absolute Gasteiger partial charge is 0.493 e. The fourth-order valence-electron chi connectivity index (χ4n) is 2.31. The number of nitrogens with zero attached hydrogens (tertiary/aromatic N) is 2. The van der Waals surface area contributed by atoms with Crippen LogP contribution in [0.2, 0.25) is 0 Å². The van der Waals surface area contributed by atoms with E-state index < -0.39 is 6.04 Å². The molecular weight excluding hydrogens is 258 g/mol. The molecule has 2 aromatic rings. The molecule has 0 radical (unpaired) electrons. The van der Waals surface area contributed by atoms with Gasteiger partial charge >= 0.3 is 0 Å². The van der Waals surface area contributed by atoms with Crippen molar-refractivity contribution in [1.29, 1.82) is 0 Å². The summed E-state index contributed by atoms with van der Waals surface area (Å²) >= 11 is 0. The Morgan fingerprint density at radius 1 is 1.45 bits per heavy atom. The van der Waals surface area contributed by atoms with Gasteiger partial charge in [0.1, 0.15) is 11.8 Å². The van der Waals surface area contributed by atoms with E-state index in [0.29, 0.717) is 24.9 Å². The molecule has 0 amide bonds. The summed E-state index contributed by atoms with van der Waals surface area (Å²) in [6.07, 6.45) is 0.842. The van der Waals surface area contributed by atoms with Crippen molar-refractivity contribution in [3.05, 3.63) is 41.5 Å². The first-order valence-electron chi connectivity index (χ1n) is 6.56. The van der Waals surface area contributed by atoms with Gasteiger partial charge in [0.15, 0.2) is 5.82 Å². The third-order valence-corrected chi connectivity index (χ3v) is 3.36. The van der Waals surface area contributed by atoms with Crippen molar-refractivity contribution in [3.8, 4) is 5.75 Å². The van der Waals surface area contributed by atoms with E-state index in [1.165, 1.54) is 0 Å². The van der Waals surface area contributed by atoms with Gasteiger partial charge in [-0.1, -0.05) is 23.4 Å². The second-order valence-corrected chi connectivity index (χ2v) is 4.87. The van der Waals surface area contributed by atoms with Crippen LogP contribution in [0.1, 0.15) is 29.2 Å². The van der Waals surface area contributed by atoms with Crippen LogP contribution in [-0.2, 0) is 11.2 Å². The van der Waals surface area contributed by atoms with Gasteiger partial charge in [-0.25, -0.2) is 0 Å². The lowest BCUT2D eigenvalue weighted by Crippen LogP contribution is -2.21. The van der Waals surface area contributed by atoms with Crippen LogP contribution in [-0.4, -0.2) is 30.5 Å². The molecule has 0 saturated carbocycles. The van der Waals surface area contributed by atoms with Crippen LogP contribution in [0.15, 0.2) is 28.8 Å². The number of aromatic nitrogens is 2. The van der Waals surface area contributed by atoms with E-state index >= 15 is 0 Å². The predicted molar refractivity (Wildman–Crippen MR) is 71.5 cm³/mol. The summed E-state index contributed by atoms with van der Waals surface area (Å²) in [7, 11) is 1.59. The highest BCUT2D eigenvalue weighted by molar-refractivity contribution is 5.36. The molecule has 0 fully saturated rings. The van der Waals surface area contributed by atoms with Crippen molar-refractivity contribution < 1.29 is 14.0 Å². The van der Waals surface area contributed by atoms with Gasteiger partial charge in [0.2, 0.25) is 5.89 Å². The highest BCUT2D eigenvalue weighted by atomic mass is 16.5. The van der Waals surface area contributed by atoms with E-state index in [4.69, 9.17) is 19.7 Å². The number of methoxy groups -OCH3 is 1. The third kappa shape index (κ3) is 2.52. The van der Waals surface area contributed by atoms with Gasteiger partial charge in [-0.3, -0.25) is 0 Å². The molecule has 6 nitrogen and oxygen atoms in total. The smallest absolute Gasteiger partial charge is 0.245 e. The lowest BCUT2D eigenvalue weighted by Gasteiger charge is -2.22. The van der Waals surface area contributed by atoms with Crippen LogP contribution in [0.3, 0.4) is 0 Å². The van der Waals surface area contributed by atoms with Gasteiger partial charge < -0.3 is 19.7 Å². The minimum Gasteiger partial charge on any atom is -0.493 e. The quantitative estimate of drug-likeness (QED) is 0.909. The van der Waals surface area contributed by atoms with Crippen molar-refractivity contribution in [1.82, 2.24) is 10.1 Å². The summed E-state index contributed by atoms with van der Waals surface area (Å²) in [5.74, 6) is 2.07. The summed E-state index contributed by atoms with van der Waals surface area (Å²) in [4.78, 5) is 4.36. The average Bonchev–Trinajstić information content (AvgIpc) is 2.97. The fraction of sp³-hybridized carbons (Fsp3) is 0.429. The molecule has 20 heavy (non-hydrogen) atoms. The molecule has 0 saturated heterocycles. The molecule has 0 aliphatic carbocycles. The van der Waals surface area contributed by atoms with E-state index in [0.717, 1.165) is 17.7 Å². The van der Waals surface area contributed by atoms with Crippen LogP contribution in [0, 0.1) is 0 Å². The molecule has 2 heterocycles. The number of benzene rings is 1. The predicted octanol–water partition coefficient (Wildman–Crippen LogP) is 1.43. The van der Waals surface area contributed by atoms with Crippen LogP contribution in [0.5, 0.6) is 5.75 Å². The molecule has 106 valence electrons. The molecule has 1 aliphatic heterocycles. The van der Waals surface area contributed by atoms with Gasteiger partial charge in [-0.2, -0.15) is 4.98 Å². The zero-order valence-corrected chi connectivity index (χ0v) is 11.3. The van der Waals surface area contributed by atoms with Crippen LogP contribution >= 0.6 is 0 Å². The standard InChI is InChI=1S/C14H17N3O3/c1-18-8-11(15)14-16-13(17-20-14)10-6-9-4-2-3-5-12(9)19-7-10/h2-5,10-11H,6-8,15H2,1H3. The van der Waals surface area contributed by atoms with E-state index in [-0.39, 0.29) is 5.92 Å². The molecular formula is C14H17N3O3. The van der Waals surface area contributed by atoms with Crippen LogP contribution in [0.25, 0.3) is 0 Å². The van der Waals surface area contributed by atoms with E-state index in [1.807, 2.05) is 18.2 Å². The Morgan fingerprint density at radius 3 is 3.15 bits per heavy atom. The maximum atomic E-state index is 5.87. The molecule has 2 unspecified atom stereocenters. The molecule has 3 rings (SSSR count). The summed E-state index contributed by atoms with van der Waals surface area (Å²) in [6, 6.07) is 7.61. The molecule has 1 aromatic carbocycles. The van der Waals surface area contributed by atoms with Gasteiger partial charge in [0.25, 0.3) is 0 Å². The van der Waals surface area contributed by atoms with E-state index in [2.05, 4.69) is 16.2 Å². The molecule has 6 heteroatoms. The van der Waals surface area contributed by atoms with Gasteiger partial charge in [-0.15, -0.1) is 0 Å². The first-order chi connectivity index (χ1) is 9.78. The summed E-state index contributed by atoms with van der Waals surface area (Å²) < 4.78 is 15.9. The molecule has 2 atom stereocenters. The fourth-order valence-corrected chi connectivity index (χ4v) is 2.31. The lowest BCUT2D eigenvalue weighted by atomic mass is 9.96. The number of hydrogen-bond donors (Lipinski definition) is 1. The summed E-state index contributed by atoms with van der Waals surface area (Å²) in [5, 5.41) is 4.01. The van der Waals surface area contributed by atoms with Gasteiger partial charge in [0.05, 0.1) is 19.1 Å². The number of ether oxygens (including phenoxy) is 2. The van der Waals surface area contributed by atoms with Gasteiger partial charge in [-0.05, 0) is 18.1 Å². The number of para-hydroxylation sites is 1. The Balaban J connectivity index is 1.75. The Bertz CT molecular complexity index is 585. The first-order valence-corrected chi connectivity index (χ1v) is 6.56. The Morgan fingerprint density at radius 2 is 2.30 bits per heavy atom. The highest BCUT2D eigenvalue weighted by Gasteiger charge is 2.26. The van der Waals surface area contributed by atoms with Gasteiger partial charge in [0, 0.05) is 7.11 Å². The maximum absolute atomic E-state index is 5.87. The third-order valence-electron chi connectivity index (χ3n) is 3.36. The van der Waals surface area contributed by atoms with Crippen molar-refractivity contribution in [3.63, 3.8) is 0 Å². The van der Waals surface area contributed by atoms with Crippen molar-refractivity contribution >= 4 is 0 Å². The Hall–Kier alpha value is -1.92. The van der Waals surface area contributed by atoms with Crippen molar-refractivity contribution in [2.24, 2.45) is 5.73 Å². The molecule has 1 aromatic heterocycles. The molecule has 0 bridgehead atoms. The SMILES string of the molecule is COCC(N)c1nc(C2COc3ccccc3C2)no1. The number of rotatable bonds is 4. The minimum atomic E-state index is -0.391. The summed E-state index contributed by atoms with van der Waals surface area (Å²) in [6.45, 7) is 0.904. The van der Waals surface area contributed by atoms with Crippen LogP contribution < -0.4 is 10.5 Å². The van der Waals surface area contributed by atoms with Crippen molar-refractivity contribution in [2.45, 2.75) is 18.4 Å². The second-order valence-electron chi connectivity index (χ2n) is 4.87.